The van der Waals surface area contributed by atoms with Crippen LogP contribution in [0.25, 0.3) is 0 Å². The lowest BCUT2D eigenvalue weighted by Crippen LogP contribution is -2.47. The first-order chi connectivity index (χ1) is 11.3. The largest absolute Gasteiger partial charge is 0.497 e. The van der Waals surface area contributed by atoms with Crippen molar-refractivity contribution in [2.24, 2.45) is 5.92 Å². The van der Waals surface area contributed by atoms with Crippen LogP contribution < -0.4 is 10.1 Å². The number of likely N-dealkylation sites (tertiary alicyclic amines) is 1. The third-order valence-electron chi connectivity index (χ3n) is 5.28. The summed E-state index contributed by atoms with van der Waals surface area (Å²) in [5.41, 5.74) is 1.37. The van der Waals surface area contributed by atoms with Gasteiger partial charge in [-0.05, 0) is 68.7 Å². The Kier molecular flexibility index (Phi) is 7.38. The van der Waals surface area contributed by atoms with Crippen molar-refractivity contribution in [2.75, 3.05) is 26.7 Å². The number of piperidine rings is 1. The zero-order valence-electron chi connectivity index (χ0n) is 14.5. The Morgan fingerprint density at radius 2 is 1.92 bits per heavy atom. The predicted molar refractivity (Wildman–Crippen MR) is 98.9 cm³/mol. The van der Waals surface area contributed by atoms with E-state index >= 15 is 0 Å². The highest BCUT2D eigenvalue weighted by molar-refractivity contribution is 5.85. The van der Waals surface area contributed by atoms with Gasteiger partial charge in [0, 0.05) is 13.1 Å². The van der Waals surface area contributed by atoms with Gasteiger partial charge >= 0.3 is 0 Å². The Balaban J connectivity index is 0.00000208. The lowest BCUT2D eigenvalue weighted by atomic mass is 9.90. The van der Waals surface area contributed by atoms with Crippen LogP contribution >= 0.6 is 12.4 Å². The second-order valence-corrected chi connectivity index (χ2v) is 6.80. The van der Waals surface area contributed by atoms with E-state index in [1.807, 2.05) is 12.1 Å². The van der Waals surface area contributed by atoms with Crippen LogP contribution in [0.4, 0.5) is 0 Å². The van der Waals surface area contributed by atoms with E-state index in [1.165, 1.54) is 12.0 Å². The molecule has 2 aliphatic rings. The summed E-state index contributed by atoms with van der Waals surface area (Å²) in [6.45, 7) is 2.86. The van der Waals surface area contributed by atoms with Crippen molar-refractivity contribution in [2.45, 2.75) is 44.6 Å². The van der Waals surface area contributed by atoms with Crippen molar-refractivity contribution in [3.63, 3.8) is 0 Å². The summed E-state index contributed by atoms with van der Waals surface area (Å²) < 4.78 is 5.20. The van der Waals surface area contributed by atoms with Gasteiger partial charge in [0.1, 0.15) is 5.75 Å². The second-order valence-electron chi connectivity index (χ2n) is 6.80. The van der Waals surface area contributed by atoms with E-state index in [9.17, 15) is 4.79 Å². The summed E-state index contributed by atoms with van der Waals surface area (Å²) in [5.74, 6) is 2.00. The van der Waals surface area contributed by atoms with Crippen LogP contribution in [0.3, 0.4) is 0 Å². The van der Waals surface area contributed by atoms with Crippen LogP contribution in [0.15, 0.2) is 24.3 Å². The number of halogens is 1. The number of ether oxygens (including phenoxy) is 1. The molecule has 5 heteroatoms. The molecule has 134 valence electrons. The predicted octanol–water partition coefficient (Wildman–Crippen LogP) is 3.04. The molecule has 1 aromatic rings. The van der Waals surface area contributed by atoms with Gasteiger partial charge in [0.2, 0.25) is 5.91 Å². The van der Waals surface area contributed by atoms with E-state index in [-0.39, 0.29) is 18.4 Å². The molecular formula is C19H29ClN2O2. The Hall–Kier alpha value is -1.26. The number of carbonyl (C=O) groups is 1. The molecule has 3 rings (SSSR count). The van der Waals surface area contributed by atoms with Crippen LogP contribution in [0, 0.1) is 5.92 Å². The van der Waals surface area contributed by atoms with Crippen molar-refractivity contribution < 1.29 is 9.53 Å². The molecule has 24 heavy (non-hydrogen) atoms. The zero-order valence-corrected chi connectivity index (χ0v) is 15.3. The normalized spacial score (nSPS) is 21.4. The summed E-state index contributed by atoms with van der Waals surface area (Å²) >= 11 is 0. The molecule has 0 aliphatic carbocycles. The number of methoxy groups -OCH3 is 1. The molecule has 0 aromatic heterocycles. The molecule has 1 aromatic carbocycles. The SMILES string of the molecule is COc1ccc(CCC2CCN(C(=O)C3CCCN3)CC2)cc1.Cl. The van der Waals surface area contributed by atoms with Crippen LogP contribution in [0.2, 0.25) is 0 Å². The van der Waals surface area contributed by atoms with Gasteiger partial charge in [-0.25, -0.2) is 0 Å². The van der Waals surface area contributed by atoms with Crippen LogP contribution in [-0.4, -0.2) is 43.6 Å². The molecule has 2 heterocycles. The van der Waals surface area contributed by atoms with E-state index in [2.05, 4.69) is 22.3 Å². The third kappa shape index (κ3) is 4.87. The van der Waals surface area contributed by atoms with Crippen LogP contribution in [0.5, 0.6) is 5.75 Å². The lowest BCUT2D eigenvalue weighted by Gasteiger charge is -2.33. The van der Waals surface area contributed by atoms with Crippen molar-refractivity contribution in [1.82, 2.24) is 10.2 Å². The topological polar surface area (TPSA) is 41.6 Å². The zero-order chi connectivity index (χ0) is 16.1. The van der Waals surface area contributed by atoms with E-state index in [4.69, 9.17) is 4.74 Å². The number of nitrogens with zero attached hydrogens (tertiary/aromatic N) is 1. The number of rotatable bonds is 5. The van der Waals surface area contributed by atoms with Gasteiger partial charge < -0.3 is 15.0 Å². The van der Waals surface area contributed by atoms with Gasteiger partial charge in [0.05, 0.1) is 13.2 Å². The average molecular weight is 353 g/mol. The fourth-order valence-electron chi connectivity index (χ4n) is 3.72. The first-order valence-electron chi connectivity index (χ1n) is 8.91. The Bertz CT molecular complexity index is 507. The summed E-state index contributed by atoms with van der Waals surface area (Å²) in [5, 5.41) is 3.32. The van der Waals surface area contributed by atoms with Crippen molar-refractivity contribution in [3.8, 4) is 5.75 Å². The Morgan fingerprint density at radius 3 is 2.50 bits per heavy atom. The molecule has 1 unspecified atom stereocenters. The number of nitrogens with one attached hydrogen (secondary N) is 1. The first-order valence-corrected chi connectivity index (χ1v) is 8.91. The number of benzene rings is 1. The molecule has 1 atom stereocenters. The number of amides is 1. The van der Waals surface area contributed by atoms with Gasteiger partial charge in [-0.1, -0.05) is 12.1 Å². The minimum Gasteiger partial charge on any atom is -0.497 e. The molecule has 2 saturated heterocycles. The van der Waals surface area contributed by atoms with Crippen molar-refractivity contribution >= 4 is 18.3 Å². The Morgan fingerprint density at radius 1 is 1.21 bits per heavy atom. The quantitative estimate of drug-likeness (QED) is 0.885. The number of hydrogen-bond acceptors (Lipinski definition) is 3. The van der Waals surface area contributed by atoms with Gasteiger partial charge in [0.15, 0.2) is 0 Å². The number of aryl methyl sites for hydroxylation is 1. The molecule has 0 saturated carbocycles. The molecule has 1 amide bonds. The molecule has 0 bridgehead atoms. The number of carbonyl (C=O) groups excluding carboxylic acids is 1. The fraction of sp³-hybridized carbons (Fsp3) is 0.632. The van der Waals surface area contributed by atoms with E-state index < -0.39 is 0 Å². The molecule has 0 spiro atoms. The van der Waals surface area contributed by atoms with Crippen molar-refractivity contribution in [1.29, 1.82) is 0 Å². The highest BCUT2D eigenvalue weighted by Crippen LogP contribution is 2.24. The highest BCUT2D eigenvalue weighted by Gasteiger charge is 2.29. The maximum atomic E-state index is 12.4. The minimum absolute atomic E-state index is 0. The van der Waals surface area contributed by atoms with E-state index in [0.717, 1.165) is 63.4 Å². The molecule has 1 N–H and O–H groups in total. The molecule has 2 aliphatic heterocycles. The summed E-state index contributed by atoms with van der Waals surface area (Å²) in [4.78, 5) is 14.5. The Labute approximate surface area is 151 Å². The monoisotopic (exact) mass is 352 g/mol. The highest BCUT2D eigenvalue weighted by atomic mass is 35.5. The molecule has 2 fully saturated rings. The molecular weight excluding hydrogens is 324 g/mol. The standard InChI is InChI=1S/C19H28N2O2.ClH/c1-23-17-8-6-15(7-9-17)4-5-16-10-13-21(14-11-16)19(22)18-3-2-12-20-18;/h6-9,16,18,20H,2-5,10-14H2,1H3;1H. The van der Waals surface area contributed by atoms with E-state index in [0.29, 0.717) is 5.91 Å². The third-order valence-corrected chi connectivity index (χ3v) is 5.28. The smallest absolute Gasteiger partial charge is 0.239 e. The van der Waals surface area contributed by atoms with Gasteiger partial charge in [-0.15, -0.1) is 12.4 Å². The first kappa shape index (κ1) is 19.1. The van der Waals surface area contributed by atoms with Gasteiger partial charge in [-0.2, -0.15) is 0 Å². The van der Waals surface area contributed by atoms with Gasteiger partial charge in [0.25, 0.3) is 0 Å². The summed E-state index contributed by atoms with van der Waals surface area (Å²) in [6.07, 6.45) is 6.77. The average Bonchev–Trinajstić information content (AvgIpc) is 3.15. The molecule has 4 nitrogen and oxygen atoms in total. The van der Waals surface area contributed by atoms with Crippen molar-refractivity contribution in [3.05, 3.63) is 29.8 Å². The lowest BCUT2D eigenvalue weighted by molar-refractivity contribution is -0.134. The van der Waals surface area contributed by atoms with E-state index in [1.54, 1.807) is 7.11 Å². The van der Waals surface area contributed by atoms with Crippen LogP contribution in [0.1, 0.15) is 37.7 Å². The summed E-state index contributed by atoms with van der Waals surface area (Å²) in [7, 11) is 1.70. The number of hydrogen-bond donors (Lipinski definition) is 1. The maximum absolute atomic E-state index is 12.4. The van der Waals surface area contributed by atoms with Gasteiger partial charge in [-0.3, -0.25) is 4.79 Å². The second kappa shape index (κ2) is 9.28. The fourth-order valence-corrected chi connectivity index (χ4v) is 3.72. The summed E-state index contributed by atoms with van der Waals surface area (Å²) in [6, 6.07) is 8.47. The maximum Gasteiger partial charge on any atom is 0.239 e. The minimum atomic E-state index is 0. The van der Waals surface area contributed by atoms with Crippen LogP contribution in [-0.2, 0) is 11.2 Å². The molecule has 0 radical (unpaired) electrons.